The van der Waals surface area contributed by atoms with Crippen LogP contribution in [0.1, 0.15) is 12.8 Å². The molecule has 1 amide bonds. The van der Waals surface area contributed by atoms with Crippen molar-refractivity contribution in [1.29, 1.82) is 0 Å². The largest absolute Gasteiger partial charge is 0.393 e. The molecule has 1 aliphatic heterocycles. The van der Waals surface area contributed by atoms with Gasteiger partial charge in [0.15, 0.2) is 0 Å². The molecule has 0 aromatic heterocycles. The highest BCUT2D eigenvalue weighted by Gasteiger charge is 2.22. The first-order valence-corrected chi connectivity index (χ1v) is 7.07. The van der Waals surface area contributed by atoms with E-state index in [1.54, 1.807) is 11.0 Å². The van der Waals surface area contributed by atoms with E-state index in [2.05, 4.69) is 11.5 Å². The Morgan fingerprint density at radius 2 is 2.00 bits per heavy atom. The van der Waals surface area contributed by atoms with Gasteiger partial charge in [0.2, 0.25) is 5.91 Å². The number of hydrogen-bond donors (Lipinski definition) is 1. The van der Waals surface area contributed by atoms with Crippen molar-refractivity contribution in [3.8, 4) is 0 Å². The summed E-state index contributed by atoms with van der Waals surface area (Å²) in [4.78, 5) is 16.3. The normalized spacial score (nSPS) is 16.9. The summed E-state index contributed by atoms with van der Waals surface area (Å²) in [6, 6.07) is 9.65. The number of carbonyl (C=O) groups is 1. The highest BCUT2D eigenvalue weighted by molar-refractivity contribution is 5.95. The van der Waals surface area contributed by atoms with Crippen LogP contribution in [0.2, 0.25) is 0 Å². The molecule has 0 atom stereocenters. The quantitative estimate of drug-likeness (QED) is 0.831. The summed E-state index contributed by atoms with van der Waals surface area (Å²) in [6.45, 7) is 6.20. The molecule has 0 aliphatic carbocycles. The van der Waals surface area contributed by atoms with Crippen molar-refractivity contribution < 1.29 is 9.90 Å². The van der Waals surface area contributed by atoms with Gasteiger partial charge in [-0.15, -0.1) is 6.58 Å². The highest BCUT2D eigenvalue weighted by Crippen LogP contribution is 2.15. The lowest BCUT2D eigenvalue weighted by molar-refractivity contribution is -0.120. The lowest BCUT2D eigenvalue weighted by Crippen LogP contribution is -2.44. The second kappa shape index (κ2) is 7.22. The second-order valence-electron chi connectivity index (χ2n) is 5.14. The van der Waals surface area contributed by atoms with Gasteiger partial charge in [-0.2, -0.15) is 0 Å². The molecule has 1 saturated heterocycles. The van der Waals surface area contributed by atoms with Crippen LogP contribution >= 0.6 is 0 Å². The smallest absolute Gasteiger partial charge is 0.241 e. The van der Waals surface area contributed by atoms with E-state index in [9.17, 15) is 9.90 Å². The molecule has 0 saturated carbocycles. The summed E-state index contributed by atoms with van der Waals surface area (Å²) in [5, 5.41) is 9.50. The number of likely N-dealkylation sites (tertiary alicyclic amines) is 1. The molecule has 0 bridgehead atoms. The van der Waals surface area contributed by atoms with Gasteiger partial charge in [0, 0.05) is 25.3 Å². The van der Waals surface area contributed by atoms with E-state index in [-0.39, 0.29) is 12.0 Å². The molecular weight excluding hydrogens is 252 g/mol. The number of nitrogens with zero attached hydrogens (tertiary/aromatic N) is 2. The van der Waals surface area contributed by atoms with Crippen LogP contribution < -0.4 is 4.90 Å². The minimum Gasteiger partial charge on any atom is -0.393 e. The third kappa shape index (κ3) is 3.92. The fraction of sp³-hybridized carbons (Fsp3) is 0.438. The molecule has 4 nitrogen and oxygen atoms in total. The SMILES string of the molecule is C=CCN(C(=O)CN1CCC(O)CC1)c1ccccc1. The van der Waals surface area contributed by atoms with Gasteiger partial charge in [0.25, 0.3) is 0 Å². The first kappa shape index (κ1) is 14.8. The van der Waals surface area contributed by atoms with E-state index in [4.69, 9.17) is 0 Å². The number of rotatable bonds is 5. The molecule has 4 heteroatoms. The zero-order chi connectivity index (χ0) is 14.4. The monoisotopic (exact) mass is 274 g/mol. The Morgan fingerprint density at radius 3 is 2.60 bits per heavy atom. The maximum absolute atomic E-state index is 12.5. The number of amides is 1. The maximum Gasteiger partial charge on any atom is 0.241 e. The number of aliphatic hydroxyl groups is 1. The molecule has 1 aromatic carbocycles. The lowest BCUT2D eigenvalue weighted by Gasteiger charge is -2.31. The molecule has 1 aromatic rings. The van der Waals surface area contributed by atoms with Crippen LogP contribution in [0.3, 0.4) is 0 Å². The van der Waals surface area contributed by atoms with Crippen LogP contribution in [-0.4, -0.2) is 48.2 Å². The van der Waals surface area contributed by atoms with E-state index >= 15 is 0 Å². The maximum atomic E-state index is 12.5. The van der Waals surface area contributed by atoms with E-state index < -0.39 is 0 Å². The zero-order valence-electron chi connectivity index (χ0n) is 11.7. The number of para-hydroxylation sites is 1. The number of anilines is 1. The Labute approximate surface area is 120 Å². The highest BCUT2D eigenvalue weighted by atomic mass is 16.3. The molecule has 20 heavy (non-hydrogen) atoms. The molecule has 1 heterocycles. The van der Waals surface area contributed by atoms with Crippen LogP contribution in [0, 0.1) is 0 Å². The van der Waals surface area contributed by atoms with Gasteiger partial charge in [0.05, 0.1) is 12.6 Å². The summed E-state index contributed by atoms with van der Waals surface area (Å²) >= 11 is 0. The summed E-state index contributed by atoms with van der Waals surface area (Å²) < 4.78 is 0. The number of carbonyl (C=O) groups excluding carboxylic acids is 1. The zero-order valence-corrected chi connectivity index (χ0v) is 11.7. The molecule has 2 rings (SSSR count). The van der Waals surface area contributed by atoms with Gasteiger partial charge >= 0.3 is 0 Å². The van der Waals surface area contributed by atoms with E-state index in [1.807, 2.05) is 30.3 Å². The topological polar surface area (TPSA) is 43.8 Å². The van der Waals surface area contributed by atoms with Crippen LogP contribution in [0.4, 0.5) is 5.69 Å². The Bertz CT molecular complexity index is 439. The standard InChI is InChI=1S/C16H22N2O2/c1-2-10-18(14-6-4-3-5-7-14)16(20)13-17-11-8-15(19)9-12-17/h2-7,15,19H,1,8-13H2. The average Bonchev–Trinajstić information content (AvgIpc) is 2.48. The third-order valence-electron chi connectivity index (χ3n) is 3.60. The minimum absolute atomic E-state index is 0.0764. The predicted octanol–water partition coefficient (Wildman–Crippen LogP) is 1.66. The molecular formula is C16H22N2O2. The van der Waals surface area contributed by atoms with Gasteiger partial charge in [-0.1, -0.05) is 24.3 Å². The van der Waals surface area contributed by atoms with Crippen molar-refractivity contribution in [3.63, 3.8) is 0 Å². The predicted molar refractivity (Wildman–Crippen MR) is 80.7 cm³/mol. The van der Waals surface area contributed by atoms with Gasteiger partial charge in [0.1, 0.15) is 0 Å². The Morgan fingerprint density at radius 1 is 1.35 bits per heavy atom. The van der Waals surface area contributed by atoms with Crippen LogP contribution in [0.5, 0.6) is 0 Å². The first-order chi connectivity index (χ1) is 9.70. The number of aliphatic hydroxyl groups excluding tert-OH is 1. The summed E-state index contributed by atoms with van der Waals surface area (Å²) in [6.07, 6.45) is 3.03. The second-order valence-corrected chi connectivity index (χ2v) is 5.14. The fourth-order valence-electron chi connectivity index (χ4n) is 2.44. The van der Waals surface area contributed by atoms with Gasteiger partial charge in [-0.25, -0.2) is 0 Å². The molecule has 1 N–H and O–H groups in total. The molecule has 1 aliphatic rings. The lowest BCUT2D eigenvalue weighted by atomic mass is 10.1. The molecule has 0 spiro atoms. The average molecular weight is 274 g/mol. The molecule has 0 radical (unpaired) electrons. The van der Waals surface area contributed by atoms with Crippen LogP contribution in [0.15, 0.2) is 43.0 Å². The first-order valence-electron chi connectivity index (χ1n) is 7.07. The van der Waals surface area contributed by atoms with Crippen molar-refractivity contribution in [2.45, 2.75) is 18.9 Å². The van der Waals surface area contributed by atoms with Gasteiger partial charge in [-0.05, 0) is 25.0 Å². The third-order valence-corrected chi connectivity index (χ3v) is 3.60. The summed E-state index contributed by atoms with van der Waals surface area (Å²) in [5.41, 5.74) is 0.898. The Balaban J connectivity index is 1.99. The Kier molecular flexibility index (Phi) is 5.32. The molecule has 108 valence electrons. The van der Waals surface area contributed by atoms with Crippen molar-refractivity contribution in [2.75, 3.05) is 31.1 Å². The minimum atomic E-state index is -0.209. The number of hydrogen-bond acceptors (Lipinski definition) is 3. The van der Waals surface area contributed by atoms with Crippen molar-refractivity contribution in [3.05, 3.63) is 43.0 Å². The van der Waals surface area contributed by atoms with E-state index in [0.29, 0.717) is 13.1 Å². The number of benzene rings is 1. The fourth-order valence-corrected chi connectivity index (χ4v) is 2.44. The number of piperidine rings is 1. The van der Waals surface area contributed by atoms with Crippen molar-refractivity contribution in [1.82, 2.24) is 4.90 Å². The van der Waals surface area contributed by atoms with Crippen LogP contribution in [-0.2, 0) is 4.79 Å². The van der Waals surface area contributed by atoms with Gasteiger partial charge in [-0.3, -0.25) is 9.69 Å². The van der Waals surface area contributed by atoms with Crippen molar-refractivity contribution >= 4 is 11.6 Å². The van der Waals surface area contributed by atoms with E-state index in [1.165, 1.54) is 0 Å². The molecule has 0 unspecified atom stereocenters. The summed E-state index contributed by atoms with van der Waals surface area (Å²) in [7, 11) is 0. The van der Waals surface area contributed by atoms with Crippen molar-refractivity contribution in [2.24, 2.45) is 0 Å². The molecule has 1 fully saturated rings. The van der Waals surface area contributed by atoms with E-state index in [0.717, 1.165) is 31.6 Å². The van der Waals surface area contributed by atoms with Crippen LogP contribution in [0.25, 0.3) is 0 Å². The Hall–Kier alpha value is -1.65. The van der Waals surface area contributed by atoms with Gasteiger partial charge < -0.3 is 10.0 Å². The summed E-state index contributed by atoms with van der Waals surface area (Å²) in [5.74, 6) is 0.0764.